The number of nitrogens with one attached hydrogen (secondary N) is 2. The van der Waals surface area contributed by atoms with Gasteiger partial charge in [-0.2, -0.15) is 0 Å². The predicted octanol–water partition coefficient (Wildman–Crippen LogP) is 1.53. The molecule has 0 saturated carbocycles. The Morgan fingerprint density at radius 1 is 1.22 bits per heavy atom. The summed E-state index contributed by atoms with van der Waals surface area (Å²) in [6, 6.07) is 4.35. The van der Waals surface area contributed by atoms with Crippen LogP contribution in [-0.2, 0) is 23.8 Å². The molecule has 1 aromatic carbocycles. The third-order valence-electron chi connectivity index (χ3n) is 2.76. The number of ether oxygens (including phenoxy) is 3. The molecule has 0 unspecified atom stereocenters. The molecule has 0 bridgehead atoms. The van der Waals surface area contributed by atoms with Gasteiger partial charge in [0.15, 0.2) is 0 Å². The average molecular weight is 326 g/mol. The van der Waals surface area contributed by atoms with E-state index in [0.717, 1.165) is 20.3 Å². The van der Waals surface area contributed by atoms with Gasteiger partial charge in [-0.25, -0.2) is 14.0 Å². The highest BCUT2D eigenvalue weighted by atomic mass is 19.1. The Bertz CT molecular complexity index is 589. The van der Waals surface area contributed by atoms with Crippen molar-refractivity contribution in [2.24, 2.45) is 0 Å². The van der Waals surface area contributed by atoms with Gasteiger partial charge in [0, 0.05) is 13.7 Å². The first-order chi connectivity index (χ1) is 11.0. The van der Waals surface area contributed by atoms with Gasteiger partial charge in [-0.1, -0.05) is 6.07 Å². The van der Waals surface area contributed by atoms with E-state index >= 15 is 0 Å². The summed E-state index contributed by atoms with van der Waals surface area (Å²) in [5.41, 5.74) is 0.158. The van der Waals surface area contributed by atoms with Crippen molar-refractivity contribution >= 4 is 23.3 Å². The van der Waals surface area contributed by atoms with Gasteiger partial charge in [-0.3, -0.25) is 0 Å². The normalized spacial score (nSPS) is 10.9. The van der Waals surface area contributed by atoms with Crippen LogP contribution in [0.4, 0.5) is 15.8 Å². The quantitative estimate of drug-likeness (QED) is 0.425. The molecule has 0 aliphatic carbocycles. The summed E-state index contributed by atoms with van der Waals surface area (Å²) in [5, 5.41) is 5.53. The van der Waals surface area contributed by atoms with Gasteiger partial charge in [-0.05, 0) is 12.1 Å². The maximum Gasteiger partial charge on any atom is 0.354 e. The Morgan fingerprint density at radius 2 is 1.96 bits per heavy atom. The number of para-hydroxylation sites is 1. The minimum absolute atomic E-state index is 0.00385. The fourth-order valence-corrected chi connectivity index (χ4v) is 1.65. The lowest BCUT2D eigenvalue weighted by Gasteiger charge is -2.15. The van der Waals surface area contributed by atoms with Crippen molar-refractivity contribution in [1.29, 1.82) is 0 Å². The smallest absolute Gasteiger partial charge is 0.354 e. The summed E-state index contributed by atoms with van der Waals surface area (Å²) >= 11 is 0. The van der Waals surface area contributed by atoms with E-state index in [-0.39, 0.29) is 11.4 Å². The zero-order valence-corrected chi connectivity index (χ0v) is 13.1. The molecular formula is C15H19FN2O5. The summed E-state index contributed by atoms with van der Waals surface area (Å²) in [6.07, 6.45) is 0.886. The highest BCUT2D eigenvalue weighted by Gasteiger charge is 2.17. The first-order valence-corrected chi connectivity index (χ1v) is 6.69. The number of benzene rings is 1. The molecule has 1 rings (SSSR count). The summed E-state index contributed by atoms with van der Waals surface area (Å²) < 4.78 is 28.0. The van der Waals surface area contributed by atoms with E-state index in [9.17, 15) is 14.0 Å². The van der Waals surface area contributed by atoms with E-state index < -0.39 is 17.8 Å². The van der Waals surface area contributed by atoms with Crippen LogP contribution in [0, 0.1) is 5.82 Å². The molecular weight excluding hydrogens is 307 g/mol. The van der Waals surface area contributed by atoms with Crippen molar-refractivity contribution in [3.63, 3.8) is 0 Å². The minimum Gasteiger partial charge on any atom is -0.466 e. The number of carbonyl (C=O) groups excluding carboxylic acids is 2. The maximum absolute atomic E-state index is 14.1. The van der Waals surface area contributed by atoms with Gasteiger partial charge in [-0.15, -0.1) is 0 Å². The van der Waals surface area contributed by atoms with E-state index in [0.29, 0.717) is 18.8 Å². The first kappa shape index (κ1) is 18.4. The third kappa shape index (κ3) is 5.59. The van der Waals surface area contributed by atoms with E-state index in [1.807, 2.05) is 0 Å². The second-order valence-corrected chi connectivity index (χ2v) is 4.28. The Kier molecular flexibility index (Phi) is 7.55. The summed E-state index contributed by atoms with van der Waals surface area (Å²) in [6.45, 7) is 0.848. The van der Waals surface area contributed by atoms with Crippen LogP contribution in [0.25, 0.3) is 0 Å². The lowest BCUT2D eigenvalue weighted by Crippen LogP contribution is -2.18. The van der Waals surface area contributed by atoms with Crippen LogP contribution < -0.4 is 10.6 Å². The van der Waals surface area contributed by atoms with Crippen LogP contribution in [0.3, 0.4) is 0 Å². The number of hydrogen-bond acceptors (Lipinski definition) is 7. The Labute approximate surface area is 133 Å². The number of esters is 2. The lowest BCUT2D eigenvalue weighted by atomic mass is 10.2. The molecule has 0 aromatic heterocycles. The van der Waals surface area contributed by atoms with Crippen molar-refractivity contribution in [2.75, 3.05) is 45.1 Å². The van der Waals surface area contributed by atoms with Crippen molar-refractivity contribution in [1.82, 2.24) is 0 Å². The van der Waals surface area contributed by atoms with Crippen LogP contribution in [0.15, 0.2) is 30.0 Å². The molecule has 1 aromatic rings. The van der Waals surface area contributed by atoms with E-state index in [1.54, 1.807) is 13.2 Å². The van der Waals surface area contributed by atoms with Crippen LogP contribution in [0.5, 0.6) is 0 Å². The zero-order valence-electron chi connectivity index (χ0n) is 13.1. The average Bonchev–Trinajstić information content (AvgIpc) is 2.55. The Balaban J connectivity index is 3.09. The standard InChI is InChI=1S/C15H19FN2O5/c1-21-8-7-17-11-6-4-5-10(16)14(11)18-12(15(20)23-3)9-13(19)22-2/h4-6,9,17-18H,7-8H2,1-3H3/b12-9+. The lowest BCUT2D eigenvalue weighted by molar-refractivity contribution is -0.138. The highest BCUT2D eigenvalue weighted by molar-refractivity contribution is 5.99. The largest absolute Gasteiger partial charge is 0.466 e. The van der Waals surface area contributed by atoms with Gasteiger partial charge < -0.3 is 24.8 Å². The number of anilines is 2. The first-order valence-electron chi connectivity index (χ1n) is 6.69. The summed E-state index contributed by atoms with van der Waals surface area (Å²) in [7, 11) is 3.85. The molecule has 0 fully saturated rings. The molecule has 0 amide bonds. The van der Waals surface area contributed by atoms with Gasteiger partial charge >= 0.3 is 11.9 Å². The Hall–Kier alpha value is -2.61. The molecule has 0 saturated heterocycles. The van der Waals surface area contributed by atoms with Crippen LogP contribution >= 0.6 is 0 Å². The number of methoxy groups -OCH3 is 3. The van der Waals surface area contributed by atoms with Crippen LogP contribution in [-0.4, -0.2) is 46.4 Å². The van der Waals surface area contributed by atoms with Crippen molar-refractivity contribution in [2.45, 2.75) is 0 Å². The summed E-state index contributed by atoms with van der Waals surface area (Å²) in [5.74, 6) is -2.21. The highest BCUT2D eigenvalue weighted by Crippen LogP contribution is 2.26. The SMILES string of the molecule is COCCNc1cccc(F)c1N/C(=C/C(=O)OC)C(=O)OC. The second kappa shape index (κ2) is 9.42. The van der Waals surface area contributed by atoms with E-state index in [1.165, 1.54) is 12.1 Å². The third-order valence-corrected chi connectivity index (χ3v) is 2.76. The molecule has 0 aliphatic heterocycles. The van der Waals surface area contributed by atoms with Gasteiger partial charge in [0.1, 0.15) is 11.5 Å². The van der Waals surface area contributed by atoms with Gasteiger partial charge in [0.05, 0.1) is 38.3 Å². The molecule has 126 valence electrons. The molecule has 2 N–H and O–H groups in total. The van der Waals surface area contributed by atoms with Crippen molar-refractivity contribution < 1.29 is 28.2 Å². The molecule has 0 aliphatic rings. The molecule has 0 spiro atoms. The van der Waals surface area contributed by atoms with Gasteiger partial charge in [0.2, 0.25) is 0 Å². The van der Waals surface area contributed by atoms with E-state index in [4.69, 9.17) is 4.74 Å². The molecule has 0 radical (unpaired) electrons. The fraction of sp³-hybridized carbons (Fsp3) is 0.333. The summed E-state index contributed by atoms with van der Waals surface area (Å²) in [4.78, 5) is 23.1. The van der Waals surface area contributed by atoms with Gasteiger partial charge in [0.25, 0.3) is 0 Å². The van der Waals surface area contributed by atoms with Crippen LogP contribution in [0.2, 0.25) is 0 Å². The number of hydrogen-bond donors (Lipinski definition) is 2. The molecule has 0 atom stereocenters. The maximum atomic E-state index is 14.1. The molecule has 0 heterocycles. The predicted molar refractivity (Wildman–Crippen MR) is 82.5 cm³/mol. The number of carbonyl (C=O) groups is 2. The van der Waals surface area contributed by atoms with Crippen molar-refractivity contribution in [3.05, 3.63) is 35.8 Å². The molecule has 8 heteroatoms. The van der Waals surface area contributed by atoms with Crippen LogP contribution in [0.1, 0.15) is 0 Å². The monoisotopic (exact) mass is 326 g/mol. The molecule has 7 nitrogen and oxygen atoms in total. The molecule has 23 heavy (non-hydrogen) atoms. The van der Waals surface area contributed by atoms with E-state index in [2.05, 4.69) is 20.1 Å². The number of halogens is 1. The second-order valence-electron chi connectivity index (χ2n) is 4.28. The Morgan fingerprint density at radius 3 is 2.57 bits per heavy atom. The minimum atomic E-state index is -0.832. The fourth-order valence-electron chi connectivity index (χ4n) is 1.65. The zero-order chi connectivity index (χ0) is 17.2. The topological polar surface area (TPSA) is 85.9 Å². The van der Waals surface area contributed by atoms with Crippen molar-refractivity contribution in [3.8, 4) is 0 Å². The number of rotatable bonds is 8.